The van der Waals surface area contributed by atoms with Crippen molar-refractivity contribution in [2.75, 3.05) is 5.75 Å². The van der Waals surface area contributed by atoms with Crippen molar-refractivity contribution in [1.29, 1.82) is 0 Å². The number of thioether (sulfide) groups is 1. The van der Waals surface area contributed by atoms with Crippen molar-refractivity contribution in [3.63, 3.8) is 0 Å². The van der Waals surface area contributed by atoms with Gasteiger partial charge in [-0.05, 0) is 68.5 Å². The highest BCUT2D eigenvalue weighted by Crippen LogP contribution is 2.16. The van der Waals surface area contributed by atoms with Gasteiger partial charge in [0.2, 0.25) is 5.91 Å². The SMILES string of the molecule is Cc1ccc(-n2nc(SCC(=O)NC(C)CCc3ccccc3)ccc2=O)cc1C. The third kappa shape index (κ3) is 6.07. The zero-order chi connectivity index (χ0) is 21.5. The largest absolute Gasteiger partial charge is 0.353 e. The lowest BCUT2D eigenvalue weighted by molar-refractivity contribution is -0.119. The number of nitrogens with one attached hydrogen (secondary N) is 1. The Morgan fingerprint density at radius 1 is 1.07 bits per heavy atom. The van der Waals surface area contributed by atoms with E-state index in [1.54, 1.807) is 6.07 Å². The molecule has 3 rings (SSSR count). The van der Waals surface area contributed by atoms with Crippen molar-refractivity contribution in [2.45, 2.75) is 44.7 Å². The van der Waals surface area contributed by atoms with Gasteiger partial charge in [-0.3, -0.25) is 9.59 Å². The van der Waals surface area contributed by atoms with Crippen molar-refractivity contribution in [1.82, 2.24) is 15.1 Å². The van der Waals surface area contributed by atoms with E-state index >= 15 is 0 Å². The van der Waals surface area contributed by atoms with Gasteiger partial charge in [-0.2, -0.15) is 9.78 Å². The zero-order valence-electron chi connectivity index (χ0n) is 17.6. The molecule has 0 aliphatic rings. The monoisotopic (exact) mass is 421 g/mol. The molecule has 0 saturated carbocycles. The molecule has 30 heavy (non-hydrogen) atoms. The third-order valence-electron chi connectivity index (χ3n) is 4.98. The van der Waals surface area contributed by atoms with Gasteiger partial charge in [0.25, 0.3) is 5.56 Å². The summed E-state index contributed by atoms with van der Waals surface area (Å²) in [6.07, 6.45) is 1.81. The van der Waals surface area contributed by atoms with Crippen molar-refractivity contribution >= 4 is 17.7 Å². The quantitative estimate of drug-likeness (QED) is 0.557. The van der Waals surface area contributed by atoms with Crippen molar-refractivity contribution in [2.24, 2.45) is 0 Å². The normalized spacial score (nSPS) is 11.8. The van der Waals surface area contributed by atoms with Gasteiger partial charge < -0.3 is 5.32 Å². The molecule has 0 radical (unpaired) electrons. The summed E-state index contributed by atoms with van der Waals surface area (Å²) < 4.78 is 1.38. The topological polar surface area (TPSA) is 64.0 Å². The molecular formula is C24H27N3O2S. The molecule has 0 spiro atoms. The van der Waals surface area contributed by atoms with Crippen LogP contribution in [0, 0.1) is 13.8 Å². The summed E-state index contributed by atoms with van der Waals surface area (Å²) in [5.41, 5.74) is 4.07. The smallest absolute Gasteiger partial charge is 0.271 e. The molecule has 5 nitrogen and oxygen atoms in total. The predicted octanol–water partition coefficient (Wildman–Crippen LogP) is 4.08. The van der Waals surface area contributed by atoms with Gasteiger partial charge in [0.05, 0.1) is 11.4 Å². The highest BCUT2D eigenvalue weighted by Gasteiger charge is 2.10. The van der Waals surface area contributed by atoms with Crippen LogP contribution in [0.5, 0.6) is 0 Å². The van der Waals surface area contributed by atoms with Crippen molar-refractivity contribution in [3.8, 4) is 5.69 Å². The number of aryl methyl sites for hydroxylation is 3. The van der Waals surface area contributed by atoms with Gasteiger partial charge in [0, 0.05) is 12.1 Å². The van der Waals surface area contributed by atoms with Gasteiger partial charge in [0.15, 0.2) is 0 Å². The maximum absolute atomic E-state index is 12.3. The van der Waals surface area contributed by atoms with Crippen LogP contribution in [0.1, 0.15) is 30.0 Å². The zero-order valence-corrected chi connectivity index (χ0v) is 18.4. The first-order chi connectivity index (χ1) is 14.4. The van der Waals surface area contributed by atoms with E-state index < -0.39 is 0 Å². The summed E-state index contributed by atoms with van der Waals surface area (Å²) in [5.74, 6) is 0.222. The Balaban J connectivity index is 1.55. The van der Waals surface area contributed by atoms with E-state index in [4.69, 9.17) is 0 Å². The van der Waals surface area contributed by atoms with E-state index in [1.807, 2.05) is 57.2 Å². The maximum atomic E-state index is 12.3. The van der Waals surface area contributed by atoms with Crippen LogP contribution in [0.3, 0.4) is 0 Å². The fourth-order valence-electron chi connectivity index (χ4n) is 3.07. The number of hydrogen-bond donors (Lipinski definition) is 1. The molecule has 1 unspecified atom stereocenters. The molecule has 6 heteroatoms. The van der Waals surface area contributed by atoms with Gasteiger partial charge in [-0.1, -0.05) is 48.2 Å². The third-order valence-corrected chi connectivity index (χ3v) is 5.90. The van der Waals surface area contributed by atoms with Gasteiger partial charge in [0.1, 0.15) is 5.03 Å². The molecule has 1 N–H and O–H groups in total. The molecule has 0 bridgehead atoms. The van der Waals surface area contributed by atoms with Gasteiger partial charge >= 0.3 is 0 Å². The summed E-state index contributed by atoms with van der Waals surface area (Å²) >= 11 is 1.33. The number of nitrogens with zero attached hydrogens (tertiary/aromatic N) is 2. The number of carbonyl (C=O) groups excluding carboxylic acids is 1. The van der Waals surface area contributed by atoms with Crippen LogP contribution in [0.15, 0.2) is 70.5 Å². The van der Waals surface area contributed by atoms with Gasteiger partial charge in [-0.15, -0.1) is 0 Å². The van der Waals surface area contributed by atoms with Crippen LogP contribution in [0.4, 0.5) is 0 Å². The Morgan fingerprint density at radius 2 is 1.83 bits per heavy atom. The van der Waals surface area contributed by atoms with Crippen LogP contribution in [-0.2, 0) is 11.2 Å². The van der Waals surface area contributed by atoms with Crippen LogP contribution < -0.4 is 10.9 Å². The standard InChI is InChI=1S/C24H27N3O2S/c1-17-9-12-21(15-18(17)2)27-24(29)14-13-23(26-27)30-16-22(28)25-19(3)10-11-20-7-5-4-6-8-20/h4-9,12-15,19H,10-11,16H2,1-3H3,(H,25,28). The highest BCUT2D eigenvalue weighted by molar-refractivity contribution is 7.99. The molecule has 1 atom stereocenters. The second kappa shape index (κ2) is 10.3. The molecule has 1 heterocycles. The van der Waals surface area contributed by atoms with Crippen LogP contribution in [0.25, 0.3) is 5.69 Å². The number of benzene rings is 2. The highest BCUT2D eigenvalue weighted by atomic mass is 32.2. The van der Waals surface area contributed by atoms with E-state index in [-0.39, 0.29) is 23.3 Å². The lowest BCUT2D eigenvalue weighted by Crippen LogP contribution is -2.34. The van der Waals surface area contributed by atoms with E-state index in [0.717, 1.165) is 29.7 Å². The minimum Gasteiger partial charge on any atom is -0.353 e. The Morgan fingerprint density at radius 3 is 2.57 bits per heavy atom. The number of hydrogen-bond acceptors (Lipinski definition) is 4. The fraction of sp³-hybridized carbons (Fsp3) is 0.292. The fourth-order valence-corrected chi connectivity index (χ4v) is 3.74. The van der Waals surface area contributed by atoms with E-state index in [0.29, 0.717) is 5.03 Å². The molecule has 1 amide bonds. The second-order valence-corrected chi connectivity index (χ2v) is 8.47. The molecule has 0 saturated heterocycles. The van der Waals surface area contributed by atoms with E-state index in [9.17, 15) is 9.59 Å². The number of aromatic nitrogens is 2. The first-order valence-electron chi connectivity index (χ1n) is 10.1. The molecular weight excluding hydrogens is 394 g/mol. The maximum Gasteiger partial charge on any atom is 0.271 e. The molecule has 0 aliphatic heterocycles. The average molecular weight is 422 g/mol. The summed E-state index contributed by atoms with van der Waals surface area (Å²) in [7, 11) is 0. The van der Waals surface area contributed by atoms with Crippen LogP contribution >= 0.6 is 11.8 Å². The number of amides is 1. The Bertz CT molecular complexity index is 1060. The molecule has 2 aromatic carbocycles. The predicted molar refractivity (Wildman–Crippen MR) is 122 cm³/mol. The first-order valence-corrected chi connectivity index (χ1v) is 11.0. The average Bonchev–Trinajstić information content (AvgIpc) is 2.74. The molecule has 3 aromatic rings. The second-order valence-electron chi connectivity index (χ2n) is 7.47. The minimum absolute atomic E-state index is 0.0358. The molecule has 1 aromatic heterocycles. The van der Waals surface area contributed by atoms with Crippen LogP contribution in [0.2, 0.25) is 0 Å². The van der Waals surface area contributed by atoms with E-state index in [2.05, 4.69) is 22.5 Å². The summed E-state index contributed by atoms with van der Waals surface area (Å²) in [6.45, 7) is 6.05. The van der Waals surface area contributed by atoms with E-state index in [1.165, 1.54) is 28.1 Å². The van der Waals surface area contributed by atoms with Crippen molar-refractivity contribution in [3.05, 3.63) is 87.7 Å². The lowest BCUT2D eigenvalue weighted by atomic mass is 10.1. The van der Waals surface area contributed by atoms with Crippen molar-refractivity contribution < 1.29 is 4.79 Å². The summed E-state index contributed by atoms with van der Waals surface area (Å²) in [6, 6.07) is 19.3. The van der Waals surface area contributed by atoms with Gasteiger partial charge in [-0.25, -0.2) is 0 Å². The summed E-state index contributed by atoms with van der Waals surface area (Å²) in [4.78, 5) is 24.6. The number of carbonyl (C=O) groups is 1. The number of rotatable bonds is 8. The Hall–Kier alpha value is -2.86. The minimum atomic E-state index is -0.193. The molecule has 0 fully saturated rings. The summed E-state index contributed by atoms with van der Waals surface area (Å²) in [5, 5.41) is 8.10. The van der Waals surface area contributed by atoms with Crippen LogP contribution in [-0.4, -0.2) is 27.5 Å². The Kier molecular flexibility index (Phi) is 7.46. The first kappa shape index (κ1) is 21.8. The lowest BCUT2D eigenvalue weighted by Gasteiger charge is -2.14. The molecule has 0 aliphatic carbocycles. The Labute approximate surface area is 181 Å². The molecule has 156 valence electrons.